The molecule has 1 amide bonds. The Morgan fingerprint density at radius 2 is 1.65 bits per heavy atom. The fourth-order valence-corrected chi connectivity index (χ4v) is 4.39. The zero-order chi connectivity index (χ0) is 18.6. The van der Waals surface area contributed by atoms with Crippen LogP contribution in [0.3, 0.4) is 0 Å². The van der Waals surface area contributed by atoms with E-state index in [-0.39, 0.29) is 10.8 Å². The van der Waals surface area contributed by atoms with Crippen molar-refractivity contribution in [2.75, 3.05) is 7.05 Å². The molecule has 0 bridgehead atoms. The van der Waals surface area contributed by atoms with E-state index in [2.05, 4.69) is 10.0 Å². The van der Waals surface area contributed by atoms with Gasteiger partial charge in [0.15, 0.2) is 0 Å². The maximum Gasteiger partial charge on any atom is 0.252 e. The molecule has 0 saturated heterocycles. The van der Waals surface area contributed by atoms with E-state index >= 15 is 0 Å². The Kier molecular flexibility index (Phi) is 5.44. The number of hydrogen-bond donors (Lipinski definition) is 2. The number of sulfonamides is 1. The summed E-state index contributed by atoms with van der Waals surface area (Å²) in [4.78, 5) is 13.0. The zero-order valence-electron chi connectivity index (χ0n) is 14.9. The van der Waals surface area contributed by atoms with Gasteiger partial charge < -0.3 is 5.32 Å². The van der Waals surface area contributed by atoms with Gasteiger partial charge in [-0.1, -0.05) is 55.7 Å². The highest BCUT2D eigenvalue weighted by atomic mass is 32.2. The van der Waals surface area contributed by atoms with Crippen molar-refractivity contribution in [3.63, 3.8) is 0 Å². The van der Waals surface area contributed by atoms with Crippen molar-refractivity contribution in [1.82, 2.24) is 10.0 Å². The minimum absolute atomic E-state index is 0.0880. The number of rotatable bonds is 5. The van der Waals surface area contributed by atoms with Crippen LogP contribution in [0.25, 0.3) is 0 Å². The largest absolute Gasteiger partial charge is 0.343 e. The van der Waals surface area contributed by atoms with Crippen LogP contribution in [0.15, 0.2) is 59.5 Å². The molecular formula is C20H24N2O3S. The van der Waals surface area contributed by atoms with Crippen LogP contribution in [-0.4, -0.2) is 21.4 Å². The van der Waals surface area contributed by atoms with Gasteiger partial charge >= 0.3 is 0 Å². The molecule has 0 atom stereocenters. The lowest BCUT2D eigenvalue weighted by Crippen LogP contribution is -2.47. The molecule has 0 unspecified atom stereocenters. The molecule has 0 aliphatic heterocycles. The Bertz CT molecular complexity index is 873. The Hall–Kier alpha value is -2.18. The molecule has 26 heavy (non-hydrogen) atoms. The van der Waals surface area contributed by atoms with Crippen molar-refractivity contribution in [3.8, 4) is 0 Å². The molecule has 1 saturated carbocycles. The molecule has 1 fully saturated rings. The van der Waals surface area contributed by atoms with Gasteiger partial charge in [-0.05, 0) is 43.7 Å². The molecular weight excluding hydrogens is 348 g/mol. The molecule has 3 rings (SSSR count). The average molecular weight is 372 g/mol. The van der Waals surface area contributed by atoms with Gasteiger partial charge in [-0.15, -0.1) is 0 Å². The van der Waals surface area contributed by atoms with Gasteiger partial charge in [0.05, 0.1) is 10.4 Å². The Labute approximate surface area is 154 Å². The van der Waals surface area contributed by atoms with Gasteiger partial charge in [0.2, 0.25) is 10.0 Å². The molecule has 138 valence electrons. The molecule has 1 aliphatic carbocycles. The summed E-state index contributed by atoms with van der Waals surface area (Å²) >= 11 is 0. The Morgan fingerprint density at radius 3 is 2.31 bits per heavy atom. The second-order valence-electron chi connectivity index (χ2n) is 6.70. The number of carbonyl (C=O) groups excluding carboxylic acids is 1. The lowest BCUT2D eigenvalue weighted by Gasteiger charge is -2.38. The molecule has 5 nitrogen and oxygen atoms in total. The highest BCUT2D eigenvalue weighted by molar-refractivity contribution is 7.89. The summed E-state index contributed by atoms with van der Waals surface area (Å²) in [6, 6.07) is 16.2. The van der Waals surface area contributed by atoms with Crippen molar-refractivity contribution >= 4 is 15.9 Å². The van der Waals surface area contributed by atoms with Crippen molar-refractivity contribution in [1.29, 1.82) is 0 Å². The Morgan fingerprint density at radius 1 is 0.962 bits per heavy atom. The van der Waals surface area contributed by atoms with Crippen LogP contribution in [-0.2, 0) is 15.6 Å². The number of benzene rings is 2. The van der Waals surface area contributed by atoms with E-state index in [0.717, 1.165) is 31.2 Å². The van der Waals surface area contributed by atoms with Gasteiger partial charge in [0.1, 0.15) is 0 Å². The SMILES string of the molecule is CNS(=O)(=O)c1cccc(C(=O)NC2(c3ccccc3)CCCCC2)c1. The van der Waals surface area contributed by atoms with Crippen LogP contribution in [0.2, 0.25) is 0 Å². The highest BCUT2D eigenvalue weighted by Crippen LogP contribution is 2.37. The van der Waals surface area contributed by atoms with E-state index in [4.69, 9.17) is 0 Å². The van der Waals surface area contributed by atoms with Gasteiger partial charge in [0, 0.05) is 5.56 Å². The second kappa shape index (κ2) is 7.60. The van der Waals surface area contributed by atoms with Crippen molar-refractivity contribution in [2.24, 2.45) is 0 Å². The van der Waals surface area contributed by atoms with E-state index in [1.54, 1.807) is 12.1 Å². The van der Waals surface area contributed by atoms with E-state index in [0.29, 0.717) is 5.56 Å². The van der Waals surface area contributed by atoms with Crippen molar-refractivity contribution < 1.29 is 13.2 Å². The quantitative estimate of drug-likeness (QED) is 0.846. The van der Waals surface area contributed by atoms with Gasteiger partial charge in [0.25, 0.3) is 5.91 Å². The van der Waals surface area contributed by atoms with E-state index in [1.807, 2.05) is 30.3 Å². The van der Waals surface area contributed by atoms with Crippen LogP contribution in [0.1, 0.15) is 48.0 Å². The molecule has 2 aromatic carbocycles. The van der Waals surface area contributed by atoms with Gasteiger partial charge in [-0.25, -0.2) is 13.1 Å². The molecule has 2 N–H and O–H groups in total. The van der Waals surface area contributed by atoms with Gasteiger partial charge in [-0.3, -0.25) is 4.79 Å². The van der Waals surface area contributed by atoms with Crippen LogP contribution < -0.4 is 10.0 Å². The van der Waals surface area contributed by atoms with Crippen LogP contribution in [0.5, 0.6) is 0 Å². The summed E-state index contributed by atoms with van der Waals surface area (Å²) in [5.41, 5.74) is 1.06. The third kappa shape index (κ3) is 3.81. The second-order valence-corrected chi connectivity index (χ2v) is 8.58. The number of hydrogen-bond acceptors (Lipinski definition) is 3. The fourth-order valence-electron chi connectivity index (χ4n) is 3.61. The normalized spacial score (nSPS) is 16.8. The first kappa shape index (κ1) is 18.6. The van der Waals surface area contributed by atoms with Crippen LogP contribution >= 0.6 is 0 Å². The topological polar surface area (TPSA) is 75.3 Å². The lowest BCUT2D eigenvalue weighted by atomic mass is 9.76. The summed E-state index contributed by atoms with van der Waals surface area (Å²) in [5, 5.41) is 3.21. The predicted molar refractivity (Wildman–Crippen MR) is 101 cm³/mol. The average Bonchev–Trinajstić information content (AvgIpc) is 2.69. The maximum atomic E-state index is 12.9. The molecule has 1 aliphatic rings. The minimum atomic E-state index is -3.58. The monoisotopic (exact) mass is 372 g/mol. The third-order valence-corrected chi connectivity index (χ3v) is 6.47. The fraction of sp³-hybridized carbons (Fsp3) is 0.350. The Balaban J connectivity index is 1.91. The molecule has 0 aromatic heterocycles. The predicted octanol–water partition coefficient (Wildman–Crippen LogP) is 3.18. The van der Waals surface area contributed by atoms with E-state index in [1.165, 1.54) is 25.6 Å². The minimum Gasteiger partial charge on any atom is -0.343 e. The summed E-state index contributed by atoms with van der Waals surface area (Å²) < 4.78 is 26.3. The first-order valence-electron chi connectivity index (χ1n) is 8.88. The first-order chi connectivity index (χ1) is 12.5. The summed E-state index contributed by atoms with van der Waals surface area (Å²) in [6.07, 6.45) is 5.06. The van der Waals surface area contributed by atoms with Gasteiger partial charge in [-0.2, -0.15) is 0 Å². The van der Waals surface area contributed by atoms with Crippen LogP contribution in [0, 0.1) is 0 Å². The summed E-state index contributed by atoms with van der Waals surface area (Å²) in [5.74, 6) is -0.246. The third-order valence-electron chi connectivity index (χ3n) is 5.06. The number of nitrogens with one attached hydrogen (secondary N) is 2. The standard InChI is InChI=1S/C20H24N2O3S/c1-21-26(24,25)18-12-8-9-16(15-18)19(23)22-20(13-6-3-7-14-20)17-10-4-2-5-11-17/h2,4-5,8-12,15,21H,3,6-7,13-14H2,1H3,(H,22,23). The number of carbonyl (C=O) groups is 1. The highest BCUT2D eigenvalue weighted by Gasteiger charge is 2.35. The smallest absolute Gasteiger partial charge is 0.252 e. The van der Waals surface area contributed by atoms with Crippen molar-refractivity contribution in [2.45, 2.75) is 42.5 Å². The molecule has 2 aromatic rings. The number of amides is 1. The lowest BCUT2D eigenvalue weighted by molar-refractivity contribution is 0.0866. The maximum absolute atomic E-state index is 12.9. The van der Waals surface area contributed by atoms with Crippen molar-refractivity contribution in [3.05, 3.63) is 65.7 Å². The molecule has 0 heterocycles. The molecule has 6 heteroatoms. The van der Waals surface area contributed by atoms with E-state index < -0.39 is 15.6 Å². The molecule has 0 radical (unpaired) electrons. The summed E-state index contributed by atoms with van der Waals surface area (Å²) in [6.45, 7) is 0. The molecule has 0 spiro atoms. The van der Waals surface area contributed by atoms with Crippen LogP contribution in [0.4, 0.5) is 0 Å². The summed E-state index contributed by atoms with van der Waals surface area (Å²) in [7, 11) is -2.23. The van der Waals surface area contributed by atoms with E-state index in [9.17, 15) is 13.2 Å². The first-order valence-corrected chi connectivity index (χ1v) is 10.4. The zero-order valence-corrected chi connectivity index (χ0v) is 15.7.